The Morgan fingerprint density at radius 1 is 1.19 bits per heavy atom. The number of imidazole rings is 1. The molecule has 0 aliphatic heterocycles. The van der Waals surface area contributed by atoms with E-state index in [0.29, 0.717) is 16.8 Å². The van der Waals surface area contributed by atoms with Crippen LogP contribution >= 0.6 is 15.9 Å². The molecule has 7 heteroatoms. The van der Waals surface area contributed by atoms with Crippen LogP contribution in [0.25, 0.3) is 16.7 Å². The quantitative estimate of drug-likeness (QED) is 0.764. The lowest BCUT2D eigenvalue weighted by atomic mass is 10.2. The Kier molecular flexibility index (Phi) is 3.29. The maximum absolute atomic E-state index is 14.1. The maximum Gasteiger partial charge on any atom is 0.206 e. The van der Waals surface area contributed by atoms with Gasteiger partial charge in [0.25, 0.3) is 0 Å². The monoisotopic (exact) mass is 353 g/mol. The van der Waals surface area contributed by atoms with Crippen LogP contribution in [-0.2, 0) is 0 Å². The van der Waals surface area contributed by atoms with E-state index in [0.717, 1.165) is 0 Å². The zero-order valence-electron chi connectivity index (χ0n) is 10.9. The van der Waals surface area contributed by atoms with Gasteiger partial charge in [0.2, 0.25) is 5.95 Å². The van der Waals surface area contributed by atoms with Gasteiger partial charge in [-0.1, -0.05) is 0 Å². The van der Waals surface area contributed by atoms with E-state index in [9.17, 15) is 8.78 Å². The van der Waals surface area contributed by atoms with Crippen LogP contribution in [0.3, 0.4) is 0 Å². The summed E-state index contributed by atoms with van der Waals surface area (Å²) in [5.41, 5.74) is 6.88. The van der Waals surface area contributed by atoms with Gasteiger partial charge >= 0.3 is 0 Å². The molecule has 0 amide bonds. The van der Waals surface area contributed by atoms with Crippen molar-refractivity contribution in [3.63, 3.8) is 0 Å². The van der Waals surface area contributed by atoms with E-state index in [2.05, 4.69) is 20.9 Å². The molecule has 0 aliphatic carbocycles. The van der Waals surface area contributed by atoms with E-state index in [1.54, 1.807) is 0 Å². The third kappa shape index (κ3) is 2.23. The summed E-state index contributed by atoms with van der Waals surface area (Å²) in [7, 11) is 1.48. The van der Waals surface area contributed by atoms with Crippen LogP contribution in [0.4, 0.5) is 14.7 Å². The van der Waals surface area contributed by atoms with Gasteiger partial charge in [0.15, 0.2) is 0 Å². The van der Waals surface area contributed by atoms with E-state index in [1.807, 2.05) is 0 Å². The van der Waals surface area contributed by atoms with Crippen molar-refractivity contribution < 1.29 is 13.5 Å². The van der Waals surface area contributed by atoms with Gasteiger partial charge in [-0.15, -0.1) is 0 Å². The molecule has 3 aromatic rings. The molecule has 2 N–H and O–H groups in total. The number of hydrogen-bond donors (Lipinski definition) is 1. The first-order chi connectivity index (χ1) is 10.0. The van der Waals surface area contributed by atoms with Gasteiger partial charge in [0, 0.05) is 12.1 Å². The highest BCUT2D eigenvalue weighted by Crippen LogP contribution is 2.30. The Hall–Kier alpha value is -2.15. The van der Waals surface area contributed by atoms with Crippen LogP contribution in [0, 0.1) is 11.6 Å². The summed E-state index contributed by atoms with van der Waals surface area (Å²) < 4.78 is 34.4. The lowest BCUT2D eigenvalue weighted by Crippen LogP contribution is -2.03. The molecule has 0 aliphatic rings. The first-order valence-corrected chi connectivity index (χ1v) is 6.77. The minimum atomic E-state index is -0.484. The molecular weight excluding hydrogens is 344 g/mol. The van der Waals surface area contributed by atoms with Crippen molar-refractivity contribution in [1.29, 1.82) is 0 Å². The number of halogens is 3. The molecule has 4 nitrogen and oxygen atoms in total. The van der Waals surface area contributed by atoms with E-state index in [4.69, 9.17) is 10.5 Å². The van der Waals surface area contributed by atoms with E-state index < -0.39 is 11.6 Å². The van der Waals surface area contributed by atoms with Crippen LogP contribution in [0.1, 0.15) is 0 Å². The van der Waals surface area contributed by atoms with Crippen LogP contribution in [-0.4, -0.2) is 16.7 Å². The van der Waals surface area contributed by atoms with Crippen LogP contribution < -0.4 is 10.5 Å². The van der Waals surface area contributed by atoms with Crippen molar-refractivity contribution in [2.75, 3.05) is 12.8 Å². The summed E-state index contributed by atoms with van der Waals surface area (Å²) in [6, 6.07) is 7.03. The zero-order valence-corrected chi connectivity index (χ0v) is 12.5. The number of ether oxygens (including phenoxy) is 1. The van der Waals surface area contributed by atoms with Crippen molar-refractivity contribution in [2.24, 2.45) is 0 Å². The van der Waals surface area contributed by atoms with Crippen LogP contribution in [0.15, 0.2) is 34.8 Å². The Morgan fingerprint density at radius 2 is 1.95 bits per heavy atom. The number of rotatable bonds is 2. The first kappa shape index (κ1) is 13.8. The Balaban J connectivity index is 2.34. The first-order valence-electron chi connectivity index (χ1n) is 5.98. The highest BCUT2D eigenvalue weighted by atomic mass is 79.9. The number of anilines is 1. The normalized spacial score (nSPS) is 11.0. The predicted molar refractivity (Wildman–Crippen MR) is 79.7 cm³/mol. The largest absolute Gasteiger partial charge is 0.497 e. The van der Waals surface area contributed by atoms with Crippen LogP contribution in [0.2, 0.25) is 0 Å². The Morgan fingerprint density at radius 3 is 2.67 bits per heavy atom. The molecule has 0 fully saturated rings. The maximum atomic E-state index is 14.1. The number of nitrogen functional groups attached to an aromatic ring is 1. The van der Waals surface area contributed by atoms with Crippen molar-refractivity contribution in [3.8, 4) is 11.4 Å². The van der Waals surface area contributed by atoms with Crippen molar-refractivity contribution in [1.82, 2.24) is 9.55 Å². The van der Waals surface area contributed by atoms with E-state index >= 15 is 0 Å². The summed E-state index contributed by atoms with van der Waals surface area (Å²) in [6.45, 7) is 0. The Bertz CT molecular complexity index is 848. The van der Waals surface area contributed by atoms with Gasteiger partial charge in [-0.25, -0.2) is 13.8 Å². The fourth-order valence-electron chi connectivity index (χ4n) is 2.14. The number of nitrogens with zero attached hydrogens (tertiary/aromatic N) is 2. The third-order valence-electron chi connectivity index (χ3n) is 3.12. The van der Waals surface area contributed by atoms with Gasteiger partial charge in [-0.05, 0) is 34.1 Å². The predicted octanol–water partition coefficient (Wildman–Crippen LogP) is 3.66. The molecular formula is C14H10BrF2N3O. The fourth-order valence-corrected chi connectivity index (χ4v) is 2.47. The summed E-state index contributed by atoms with van der Waals surface area (Å²) in [4.78, 5) is 4.06. The number of hydrogen-bond acceptors (Lipinski definition) is 3. The molecule has 1 aromatic heterocycles. The van der Waals surface area contributed by atoms with Gasteiger partial charge in [-0.2, -0.15) is 0 Å². The standard InChI is InChI=1S/C14H10BrF2N3O/c1-21-7-2-3-9(16)12(4-7)20-13-5-8(15)10(17)6-11(13)19-14(20)18/h2-6H,1H3,(H2,18,19). The number of nitrogens with two attached hydrogens (primary N) is 1. The number of methoxy groups -OCH3 is 1. The second-order valence-electron chi connectivity index (χ2n) is 4.38. The third-order valence-corrected chi connectivity index (χ3v) is 3.72. The van der Waals surface area contributed by atoms with Gasteiger partial charge in [0.1, 0.15) is 17.4 Å². The van der Waals surface area contributed by atoms with Gasteiger partial charge < -0.3 is 10.5 Å². The molecule has 21 heavy (non-hydrogen) atoms. The molecule has 108 valence electrons. The minimum Gasteiger partial charge on any atom is -0.497 e. The van der Waals surface area contributed by atoms with Crippen molar-refractivity contribution in [2.45, 2.75) is 0 Å². The highest BCUT2D eigenvalue weighted by molar-refractivity contribution is 9.10. The van der Waals surface area contributed by atoms with Gasteiger partial charge in [0.05, 0.1) is 28.3 Å². The molecule has 0 spiro atoms. The minimum absolute atomic E-state index is 0.0645. The molecule has 0 radical (unpaired) electrons. The number of benzene rings is 2. The molecule has 0 unspecified atom stereocenters. The molecule has 3 rings (SSSR count). The highest BCUT2D eigenvalue weighted by Gasteiger charge is 2.16. The zero-order chi connectivity index (χ0) is 15.1. The molecule has 0 bridgehead atoms. The number of aromatic nitrogens is 2. The molecule has 0 saturated carbocycles. The molecule has 0 atom stereocenters. The number of fused-ring (bicyclic) bond motifs is 1. The average Bonchev–Trinajstić information content (AvgIpc) is 2.75. The second kappa shape index (κ2) is 5.00. The average molecular weight is 354 g/mol. The molecule has 2 aromatic carbocycles. The SMILES string of the molecule is COc1ccc(F)c(-n2c(N)nc3cc(F)c(Br)cc32)c1. The lowest BCUT2D eigenvalue weighted by Gasteiger charge is -2.10. The smallest absolute Gasteiger partial charge is 0.206 e. The van der Waals surface area contributed by atoms with Crippen molar-refractivity contribution >= 4 is 32.9 Å². The summed E-state index contributed by atoms with van der Waals surface area (Å²) in [5, 5.41) is 0. The summed E-state index contributed by atoms with van der Waals surface area (Å²) in [5.74, 6) is -0.399. The van der Waals surface area contributed by atoms with Gasteiger partial charge in [-0.3, -0.25) is 4.57 Å². The summed E-state index contributed by atoms with van der Waals surface area (Å²) in [6.07, 6.45) is 0. The Labute approximate surface area is 127 Å². The van der Waals surface area contributed by atoms with Crippen LogP contribution in [0.5, 0.6) is 5.75 Å². The van der Waals surface area contributed by atoms with E-state index in [1.165, 1.54) is 42.0 Å². The fraction of sp³-hybridized carbons (Fsp3) is 0.0714. The topological polar surface area (TPSA) is 53.1 Å². The van der Waals surface area contributed by atoms with Crippen molar-refractivity contribution in [3.05, 3.63) is 46.4 Å². The lowest BCUT2D eigenvalue weighted by molar-refractivity contribution is 0.413. The van der Waals surface area contributed by atoms with E-state index in [-0.39, 0.29) is 16.1 Å². The summed E-state index contributed by atoms with van der Waals surface area (Å²) >= 11 is 3.10. The second-order valence-corrected chi connectivity index (χ2v) is 5.23. The molecule has 1 heterocycles. The molecule has 0 saturated heterocycles.